The molecule has 2 heterocycles. The summed E-state index contributed by atoms with van der Waals surface area (Å²) in [6.45, 7) is 0. The number of nitrogens with zero attached hydrogens (tertiary/aromatic N) is 3. The first-order chi connectivity index (χ1) is 13.4. The minimum atomic E-state index is -3.37. The molecule has 0 bridgehead atoms. The Morgan fingerprint density at radius 3 is 2.75 bits per heavy atom. The van der Waals surface area contributed by atoms with Gasteiger partial charge in [0, 0.05) is 28.5 Å². The Kier molecular flexibility index (Phi) is 4.32. The molecular weight excluding hydrogens is 378 g/mol. The number of sulfonamides is 1. The molecule has 0 fully saturated rings. The van der Waals surface area contributed by atoms with E-state index in [0.29, 0.717) is 11.5 Å². The summed E-state index contributed by atoms with van der Waals surface area (Å²) >= 11 is 0. The molecule has 0 unspecified atom stereocenters. The van der Waals surface area contributed by atoms with Crippen molar-refractivity contribution in [2.45, 2.75) is 0 Å². The zero-order chi connectivity index (χ0) is 19.7. The predicted octanol–water partition coefficient (Wildman–Crippen LogP) is 2.72. The molecule has 2 aromatic carbocycles. The zero-order valence-electron chi connectivity index (χ0n) is 14.8. The Morgan fingerprint density at radius 1 is 1.11 bits per heavy atom. The van der Waals surface area contributed by atoms with Crippen molar-refractivity contribution in [3.63, 3.8) is 0 Å². The molecule has 4 rings (SSSR count). The largest absolute Gasteiger partial charge is 0.368 e. The second kappa shape index (κ2) is 6.82. The van der Waals surface area contributed by atoms with Crippen LogP contribution in [-0.2, 0) is 10.0 Å². The SMILES string of the molecule is CS(=O)(=O)Nc1cccc(-c2cc(Nc3ccnc(N)n3)cc3cn[nH]c23)c1. The van der Waals surface area contributed by atoms with Crippen LogP contribution in [0.15, 0.2) is 54.9 Å². The number of H-pyrrole nitrogens is 1. The molecule has 0 saturated heterocycles. The highest BCUT2D eigenvalue weighted by atomic mass is 32.2. The van der Waals surface area contributed by atoms with Gasteiger partial charge in [0.05, 0.1) is 18.0 Å². The first-order valence-corrected chi connectivity index (χ1v) is 10.2. The lowest BCUT2D eigenvalue weighted by atomic mass is 10.0. The van der Waals surface area contributed by atoms with E-state index in [1.165, 1.54) is 0 Å². The van der Waals surface area contributed by atoms with Gasteiger partial charge in [0.2, 0.25) is 16.0 Å². The van der Waals surface area contributed by atoms with Crippen LogP contribution in [0.25, 0.3) is 22.0 Å². The van der Waals surface area contributed by atoms with E-state index >= 15 is 0 Å². The number of aromatic amines is 1. The zero-order valence-corrected chi connectivity index (χ0v) is 15.7. The summed E-state index contributed by atoms with van der Waals surface area (Å²) in [4.78, 5) is 8.03. The van der Waals surface area contributed by atoms with Gasteiger partial charge in [0.25, 0.3) is 0 Å². The van der Waals surface area contributed by atoms with E-state index in [4.69, 9.17) is 5.73 Å². The molecule has 5 N–H and O–H groups in total. The summed E-state index contributed by atoms with van der Waals surface area (Å²) in [6.07, 6.45) is 4.41. The van der Waals surface area contributed by atoms with Gasteiger partial charge in [-0.2, -0.15) is 10.1 Å². The average Bonchev–Trinajstić information content (AvgIpc) is 3.08. The monoisotopic (exact) mass is 395 g/mol. The summed E-state index contributed by atoms with van der Waals surface area (Å²) < 4.78 is 25.6. The van der Waals surface area contributed by atoms with Gasteiger partial charge in [-0.3, -0.25) is 9.82 Å². The summed E-state index contributed by atoms with van der Waals surface area (Å²) in [5.74, 6) is 0.739. The molecule has 0 aliphatic rings. The van der Waals surface area contributed by atoms with Gasteiger partial charge >= 0.3 is 0 Å². The standard InChI is InChI=1S/C18H17N7O2S/c1-28(26,27)25-13-4-2-3-11(7-13)15-9-14(8-12-10-21-24-17(12)15)22-16-5-6-20-18(19)23-16/h2-10,25H,1H3,(H,21,24)(H3,19,20,22,23). The van der Waals surface area contributed by atoms with Gasteiger partial charge in [-0.1, -0.05) is 12.1 Å². The number of fused-ring (bicyclic) bond motifs is 1. The number of nitrogens with two attached hydrogens (primary N) is 1. The number of anilines is 4. The van der Waals surface area contributed by atoms with Crippen LogP contribution in [-0.4, -0.2) is 34.8 Å². The third-order valence-electron chi connectivity index (χ3n) is 3.97. The fourth-order valence-corrected chi connectivity index (χ4v) is 3.47. The first-order valence-electron chi connectivity index (χ1n) is 8.28. The van der Waals surface area contributed by atoms with E-state index in [2.05, 4.69) is 30.2 Å². The minimum Gasteiger partial charge on any atom is -0.368 e. The van der Waals surface area contributed by atoms with Crippen molar-refractivity contribution in [1.82, 2.24) is 20.2 Å². The quantitative estimate of drug-likeness (QED) is 0.407. The smallest absolute Gasteiger partial charge is 0.229 e. The van der Waals surface area contributed by atoms with Crippen LogP contribution in [0.5, 0.6) is 0 Å². The molecular formula is C18H17N7O2S. The Balaban J connectivity index is 1.78. The molecule has 0 spiro atoms. The summed E-state index contributed by atoms with van der Waals surface area (Å²) in [5.41, 5.74) is 9.43. The lowest BCUT2D eigenvalue weighted by molar-refractivity contribution is 0.607. The van der Waals surface area contributed by atoms with E-state index < -0.39 is 10.0 Å². The number of hydrogen-bond acceptors (Lipinski definition) is 7. The predicted molar refractivity (Wildman–Crippen MR) is 110 cm³/mol. The van der Waals surface area contributed by atoms with Crippen LogP contribution < -0.4 is 15.8 Å². The minimum absolute atomic E-state index is 0.175. The maximum atomic E-state index is 11.5. The van der Waals surface area contributed by atoms with Crippen LogP contribution in [0, 0.1) is 0 Å². The Hall–Kier alpha value is -3.66. The van der Waals surface area contributed by atoms with Crippen molar-refractivity contribution < 1.29 is 8.42 Å². The summed E-state index contributed by atoms with van der Waals surface area (Å²) in [5, 5.41) is 11.2. The third kappa shape index (κ3) is 3.86. The van der Waals surface area contributed by atoms with Crippen LogP contribution in [0.1, 0.15) is 0 Å². The number of nitrogens with one attached hydrogen (secondary N) is 3. The van der Waals surface area contributed by atoms with Crippen molar-refractivity contribution in [2.75, 3.05) is 22.0 Å². The molecule has 0 aliphatic carbocycles. The van der Waals surface area contributed by atoms with E-state index in [-0.39, 0.29) is 5.95 Å². The van der Waals surface area contributed by atoms with E-state index in [0.717, 1.165) is 34.0 Å². The number of hydrogen-bond donors (Lipinski definition) is 4. The highest BCUT2D eigenvalue weighted by Gasteiger charge is 2.11. The van der Waals surface area contributed by atoms with Crippen molar-refractivity contribution in [2.24, 2.45) is 0 Å². The van der Waals surface area contributed by atoms with Gasteiger partial charge < -0.3 is 11.1 Å². The second-order valence-electron chi connectivity index (χ2n) is 6.24. The lowest BCUT2D eigenvalue weighted by Gasteiger charge is -2.11. The Labute approximate surface area is 161 Å². The van der Waals surface area contributed by atoms with Gasteiger partial charge in [0.1, 0.15) is 5.82 Å². The topological polar surface area (TPSA) is 139 Å². The molecule has 4 aromatic rings. The molecule has 0 saturated carbocycles. The van der Waals surface area contributed by atoms with Crippen LogP contribution in [0.4, 0.5) is 23.1 Å². The Bertz CT molecular complexity index is 1270. The van der Waals surface area contributed by atoms with Gasteiger partial charge in [-0.25, -0.2) is 13.4 Å². The normalized spacial score (nSPS) is 11.5. The summed E-state index contributed by atoms with van der Waals surface area (Å²) in [7, 11) is -3.37. The van der Waals surface area contributed by atoms with Crippen LogP contribution >= 0.6 is 0 Å². The van der Waals surface area contributed by atoms with Crippen molar-refractivity contribution in [3.05, 3.63) is 54.9 Å². The fraction of sp³-hybridized carbons (Fsp3) is 0.0556. The number of rotatable bonds is 5. The van der Waals surface area contributed by atoms with Crippen LogP contribution in [0.3, 0.4) is 0 Å². The van der Waals surface area contributed by atoms with Crippen LogP contribution in [0.2, 0.25) is 0 Å². The molecule has 2 aromatic heterocycles. The second-order valence-corrected chi connectivity index (χ2v) is 7.99. The highest BCUT2D eigenvalue weighted by molar-refractivity contribution is 7.92. The average molecular weight is 395 g/mol. The van der Waals surface area contributed by atoms with E-state index in [1.807, 2.05) is 18.2 Å². The molecule has 10 heteroatoms. The third-order valence-corrected chi connectivity index (χ3v) is 4.58. The maximum absolute atomic E-state index is 11.5. The Morgan fingerprint density at radius 2 is 1.96 bits per heavy atom. The maximum Gasteiger partial charge on any atom is 0.229 e. The van der Waals surface area contributed by atoms with E-state index in [1.54, 1.807) is 36.7 Å². The van der Waals surface area contributed by atoms with Gasteiger partial charge in [-0.05, 0) is 35.9 Å². The van der Waals surface area contributed by atoms with Gasteiger partial charge in [-0.15, -0.1) is 0 Å². The highest BCUT2D eigenvalue weighted by Crippen LogP contribution is 2.33. The lowest BCUT2D eigenvalue weighted by Crippen LogP contribution is -2.09. The number of nitrogen functional groups attached to an aromatic ring is 1. The molecule has 28 heavy (non-hydrogen) atoms. The van der Waals surface area contributed by atoms with E-state index in [9.17, 15) is 8.42 Å². The van der Waals surface area contributed by atoms with Crippen molar-refractivity contribution >= 4 is 44.1 Å². The molecule has 142 valence electrons. The molecule has 0 amide bonds. The number of benzene rings is 2. The first kappa shape index (κ1) is 17.7. The molecule has 0 radical (unpaired) electrons. The van der Waals surface area contributed by atoms with Gasteiger partial charge in [0.15, 0.2) is 0 Å². The molecule has 0 atom stereocenters. The molecule has 0 aliphatic heterocycles. The van der Waals surface area contributed by atoms with Crippen molar-refractivity contribution in [1.29, 1.82) is 0 Å². The van der Waals surface area contributed by atoms with Crippen molar-refractivity contribution in [3.8, 4) is 11.1 Å². The fourth-order valence-electron chi connectivity index (χ4n) is 2.91. The number of aromatic nitrogens is 4. The molecule has 9 nitrogen and oxygen atoms in total. The summed E-state index contributed by atoms with van der Waals surface area (Å²) in [6, 6.07) is 12.7.